The van der Waals surface area contributed by atoms with Gasteiger partial charge in [0.2, 0.25) is 10.8 Å². The molecule has 0 N–H and O–H groups in total. The second-order valence-electron chi connectivity index (χ2n) is 8.21. The Morgan fingerprint density at radius 2 is 1.90 bits per heavy atom. The lowest BCUT2D eigenvalue weighted by molar-refractivity contribution is 0.338. The molecule has 156 valence electrons. The van der Waals surface area contributed by atoms with Crippen molar-refractivity contribution in [2.45, 2.75) is 25.7 Å². The van der Waals surface area contributed by atoms with Crippen molar-refractivity contribution in [2.75, 3.05) is 19.6 Å². The minimum absolute atomic E-state index is 0.640. The van der Waals surface area contributed by atoms with Crippen LogP contribution in [0.5, 0.6) is 0 Å². The summed E-state index contributed by atoms with van der Waals surface area (Å²) in [6, 6.07) is 18.9. The lowest BCUT2D eigenvalue weighted by atomic mass is 9.99. The molecule has 2 aromatic carbocycles. The Morgan fingerprint density at radius 1 is 1.06 bits per heavy atom. The Kier molecular flexibility index (Phi) is 4.58. The number of aromatic nitrogens is 4. The molecule has 0 amide bonds. The van der Waals surface area contributed by atoms with Crippen molar-refractivity contribution < 1.29 is 4.42 Å². The second-order valence-corrected chi connectivity index (χ2v) is 9.25. The average molecular weight is 430 g/mol. The third-order valence-electron chi connectivity index (χ3n) is 6.26. The van der Waals surface area contributed by atoms with Crippen LogP contribution in [0.2, 0.25) is 0 Å². The van der Waals surface area contributed by atoms with Gasteiger partial charge >= 0.3 is 0 Å². The Balaban J connectivity index is 1.19. The van der Waals surface area contributed by atoms with Crippen LogP contribution in [0.15, 0.2) is 59.0 Å². The molecule has 0 radical (unpaired) electrons. The Bertz CT molecular complexity index is 1350. The maximum Gasteiger partial charge on any atom is 0.235 e. The predicted molar refractivity (Wildman–Crippen MR) is 123 cm³/mol. The fraction of sp³-hybridized carbons (Fsp3) is 0.292. The molecule has 1 unspecified atom stereocenters. The molecule has 6 nitrogen and oxygen atoms in total. The summed E-state index contributed by atoms with van der Waals surface area (Å²) in [5.41, 5.74) is 3.39. The first-order valence-electron chi connectivity index (χ1n) is 10.7. The molecule has 0 aliphatic carbocycles. The molecule has 31 heavy (non-hydrogen) atoms. The molecule has 7 heteroatoms. The zero-order valence-electron chi connectivity index (χ0n) is 17.4. The number of likely N-dealkylation sites (tertiary alicyclic amines) is 1. The summed E-state index contributed by atoms with van der Waals surface area (Å²) in [6.45, 7) is 5.35. The molecule has 0 spiro atoms. The number of hydrogen-bond acceptors (Lipinski definition) is 6. The van der Waals surface area contributed by atoms with Gasteiger partial charge in [-0.2, -0.15) is 9.61 Å². The van der Waals surface area contributed by atoms with Crippen LogP contribution in [-0.4, -0.2) is 44.3 Å². The van der Waals surface area contributed by atoms with E-state index in [4.69, 9.17) is 9.52 Å². The topological polar surface area (TPSA) is 59.5 Å². The van der Waals surface area contributed by atoms with Crippen molar-refractivity contribution in [3.63, 3.8) is 0 Å². The van der Waals surface area contributed by atoms with Gasteiger partial charge in [-0.25, -0.2) is 0 Å². The van der Waals surface area contributed by atoms with Crippen molar-refractivity contribution in [3.8, 4) is 11.6 Å². The first-order valence-corrected chi connectivity index (χ1v) is 11.5. The molecule has 1 fully saturated rings. The van der Waals surface area contributed by atoms with E-state index in [9.17, 15) is 0 Å². The largest absolute Gasteiger partial charge is 0.452 e. The van der Waals surface area contributed by atoms with Crippen molar-refractivity contribution in [2.24, 2.45) is 0 Å². The number of benzene rings is 2. The molecule has 0 saturated carbocycles. The summed E-state index contributed by atoms with van der Waals surface area (Å²) in [5.74, 6) is 2.06. The second kappa shape index (κ2) is 7.59. The van der Waals surface area contributed by atoms with E-state index in [-0.39, 0.29) is 0 Å². The number of nitrogens with zero attached hydrogens (tertiary/aromatic N) is 5. The fourth-order valence-corrected chi connectivity index (χ4v) is 5.40. The van der Waals surface area contributed by atoms with Crippen LogP contribution in [0, 0.1) is 6.92 Å². The molecule has 1 atom stereocenters. The molecule has 6 rings (SSSR count). The first kappa shape index (κ1) is 18.7. The summed E-state index contributed by atoms with van der Waals surface area (Å²) in [4.78, 5) is 3.36. The Labute approximate surface area is 184 Å². The summed E-state index contributed by atoms with van der Waals surface area (Å²) < 4.78 is 7.92. The Hall–Kier alpha value is -3.03. The third-order valence-corrected chi connectivity index (χ3v) is 7.22. The lowest BCUT2D eigenvalue weighted by Crippen LogP contribution is -2.23. The summed E-state index contributed by atoms with van der Waals surface area (Å²) in [6.07, 6.45) is 2.15. The van der Waals surface area contributed by atoms with Crippen molar-refractivity contribution in [3.05, 3.63) is 70.7 Å². The van der Waals surface area contributed by atoms with Gasteiger partial charge in [-0.15, -0.1) is 10.2 Å². The van der Waals surface area contributed by atoms with Gasteiger partial charge in [0, 0.05) is 30.5 Å². The van der Waals surface area contributed by atoms with Gasteiger partial charge < -0.3 is 9.32 Å². The number of aryl methyl sites for hydroxylation is 1. The minimum atomic E-state index is 0.640. The van der Waals surface area contributed by atoms with Gasteiger partial charge in [-0.1, -0.05) is 59.9 Å². The summed E-state index contributed by atoms with van der Waals surface area (Å²) >= 11 is 1.62. The number of hydrogen-bond donors (Lipinski definition) is 0. The molecule has 4 heterocycles. The SMILES string of the molecule is Cc1c(-c2nnc3sc(CCN4CCC(c5ccccc5)C4)nn23)oc2ccccc12. The van der Waals surface area contributed by atoms with Crippen LogP contribution < -0.4 is 0 Å². The number of furan rings is 1. The normalized spacial score (nSPS) is 17.3. The van der Waals surface area contributed by atoms with E-state index >= 15 is 0 Å². The molecular formula is C24H23N5OS. The highest BCUT2D eigenvalue weighted by Gasteiger charge is 2.24. The zero-order valence-corrected chi connectivity index (χ0v) is 18.2. The van der Waals surface area contributed by atoms with Gasteiger partial charge in [0.05, 0.1) is 0 Å². The maximum absolute atomic E-state index is 6.09. The molecular weight excluding hydrogens is 406 g/mol. The van der Waals surface area contributed by atoms with E-state index in [0.29, 0.717) is 11.7 Å². The monoisotopic (exact) mass is 429 g/mol. The lowest BCUT2D eigenvalue weighted by Gasteiger charge is -2.15. The number of fused-ring (bicyclic) bond motifs is 2. The fourth-order valence-electron chi connectivity index (χ4n) is 4.57. The van der Waals surface area contributed by atoms with Gasteiger partial charge in [0.1, 0.15) is 10.6 Å². The molecule has 1 aliphatic rings. The van der Waals surface area contributed by atoms with Gasteiger partial charge in [0.25, 0.3) is 0 Å². The summed E-state index contributed by atoms with van der Waals surface area (Å²) in [5, 5.41) is 15.7. The van der Waals surface area contributed by atoms with Crippen LogP contribution >= 0.6 is 11.3 Å². The van der Waals surface area contributed by atoms with Crippen LogP contribution in [0.25, 0.3) is 27.5 Å². The highest BCUT2D eigenvalue weighted by Crippen LogP contribution is 2.33. The molecule has 5 aromatic rings. The van der Waals surface area contributed by atoms with Crippen molar-refractivity contribution in [1.82, 2.24) is 24.7 Å². The molecule has 1 aliphatic heterocycles. The Morgan fingerprint density at radius 3 is 2.77 bits per heavy atom. The van der Waals surface area contributed by atoms with E-state index in [2.05, 4.69) is 58.4 Å². The van der Waals surface area contributed by atoms with Gasteiger partial charge in [-0.05, 0) is 37.4 Å². The van der Waals surface area contributed by atoms with Crippen molar-refractivity contribution >= 4 is 27.3 Å². The van der Waals surface area contributed by atoms with Crippen LogP contribution in [0.4, 0.5) is 0 Å². The zero-order chi connectivity index (χ0) is 20.8. The molecule has 3 aromatic heterocycles. The number of rotatable bonds is 5. The molecule has 1 saturated heterocycles. The summed E-state index contributed by atoms with van der Waals surface area (Å²) in [7, 11) is 0. The van der Waals surface area contributed by atoms with E-state index in [1.807, 2.05) is 22.7 Å². The van der Waals surface area contributed by atoms with Gasteiger partial charge in [-0.3, -0.25) is 0 Å². The van der Waals surface area contributed by atoms with E-state index in [0.717, 1.165) is 58.3 Å². The highest BCUT2D eigenvalue weighted by atomic mass is 32.1. The standard InChI is InChI=1S/C24H23N5OS/c1-16-19-9-5-6-10-20(19)30-22(16)23-25-26-24-29(23)27-21(31-24)12-14-28-13-11-18(15-28)17-7-3-2-4-8-17/h2-10,18H,11-15H2,1H3. The third kappa shape index (κ3) is 3.34. The van der Waals surface area contributed by atoms with Crippen molar-refractivity contribution in [1.29, 1.82) is 0 Å². The van der Waals surface area contributed by atoms with Crippen LogP contribution in [0.1, 0.15) is 28.5 Å². The smallest absolute Gasteiger partial charge is 0.235 e. The number of para-hydroxylation sites is 1. The van der Waals surface area contributed by atoms with E-state index in [1.165, 1.54) is 12.0 Å². The van der Waals surface area contributed by atoms with Crippen LogP contribution in [0.3, 0.4) is 0 Å². The molecule has 0 bridgehead atoms. The minimum Gasteiger partial charge on any atom is -0.452 e. The highest BCUT2D eigenvalue weighted by molar-refractivity contribution is 7.16. The average Bonchev–Trinajstić information content (AvgIpc) is 3.57. The van der Waals surface area contributed by atoms with Gasteiger partial charge in [0.15, 0.2) is 5.76 Å². The maximum atomic E-state index is 6.09. The first-order chi connectivity index (χ1) is 15.3. The van der Waals surface area contributed by atoms with E-state index in [1.54, 1.807) is 11.3 Å². The van der Waals surface area contributed by atoms with E-state index < -0.39 is 0 Å². The predicted octanol–water partition coefficient (Wildman–Crippen LogP) is 4.94. The van der Waals surface area contributed by atoms with Crippen LogP contribution in [-0.2, 0) is 6.42 Å². The quantitative estimate of drug-likeness (QED) is 0.396.